The maximum atomic E-state index is 2.57. The molecule has 0 aliphatic rings. The highest BCUT2D eigenvalue weighted by Gasteiger charge is 2.33. The molecule has 5 atom stereocenters. The van der Waals surface area contributed by atoms with Crippen LogP contribution in [0.15, 0.2) is 0 Å². The Kier molecular flexibility index (Phi) is 29.9. The summed E-state index contributed by atoms with van der Waals surface area (Å²) in [6, 6.07) is 0. The third-order valence-corrected chi connectivity index (χ3v) is 13.1. The van der Waals surface area contributed by atoms with E-state index in [0.29, 0.717) is 5.41 Å². The number of hydrogen-bond acceptors (Lipinski definition) is 0. The van der Waals surface area contributed by atoms with Gasteiger partial charge in [-0.05, 0) is 53.3 Å². The van der Waals surface area contributed by atoms with Crippen molar-refractivity contribution in [3.63, 3.8) is 0 Å². The minimum atomic E-state index is 0.467. The van der Waals surface area contributed by atoms with Crippen molar-refractivity contribution in [1.29, 1.82) is 0 Å². The van der Waals surface area contributed by atoms with E-state index in [0.717, 1.165) is 41.4 Å². The van der Waals surface area contributed by atoms with Crippen molar-refractivity contribution in [1.82, 2.24) is 0 Å². The summed E-state index contributed by atoms with van der Waals surface area (Å²) in [7, 11) is 0. The maximum Gasteiger partial charge on any atom is -0.0326 e. The van der Waals surface area contributed by atoms with Crippen LogP contribution in [-0.2, 0) is 0 Å². The topological polar surface area (TPSA) is 0 Å². The molecule has 0 aliphatic heterocycles. The molecule has 0 fully saturated rings. The Morgan fingerprint density at radius 3 is 0.978 bits per heavy atom. The van der Waals surface area contributed by atoms with E-state index in [1.165, 1.54) is 173 Å². The molecule has 0 heteroatoms. The van der Waals surface area contributed by atoms with Gasteiger partial charge >= 0.3 is 0 Å². The second-order valence-corrected chi connectivity index (χ2v) is 18.3. The predicted molar refractivity (Wildman–Crippen MR) is 214 cm³/mol. The lowest BCUT2D eigenvalue weighted by Crippen LogP contribution is -2.32. The molecule has 0 N–H and O–H groups in total. The first-order valence-electron chi connectivity index (χ1n) is 21.9. The van der Waals surface area contributed by atoms with E-state index in [1.807, 2.05) is 0 Å². The van der Waals surface area contributed by atoms with Crippen LogP contribution in [0.4, 0.5) is 0 Å². The summed E-state index contributed by atoms with van der Waals surface area (Å²) in [5.41, 5.74) is 0.467. The molecule has 0 amide bonds. The maximum absolute atomic E-state index is 2.57. The van der Waals surface area contributed by atoms with Gasteiger partial charge in [0.25, 0.3) is 0 Å². The lowest BCUT2D eigenvalue weighted by Gasteiger charge is -2.40. The Balaban J connectivity index is 3.78. The van der Waals surface area contributed by atoms with E-state index in [-0.39, 0.29) is 0 Å². The van der Waals surface area contributed by atoms with Gasteiger partial charge in [-0.25, -0.2) is 0 Å². The molecule has 5 unspecified atom stereocenters. The third kappa shape index (κ3) is 25.9. The molecule has 0 spiro atoms. The van der Waals surface area contributed by atoms with E-state index in [4.69, 9.17) is 0 Å². The van der Waals surface area contributed by atoms with Crippen LogP contribution in [0, 0.1) is 46.8 Å². The highest BCUT2D eigenvalue weighted by atomic mass is 14.4. The van der Waals surface area contributed by atoms with Gasteiger partial charge in [0, 0.05) is 0 Å². The molecular formula is C46H94. The van der Waals surface area contributed by atoms with E-state index in [2.05, 4.69) is 76.2 Å². The molecule has 0 bridgehead atoms. The van der Waals surface area contributed by atoms with Crippen molar-refractivity contribution in [3.05, 3.63) is 0 Å². The molecule has 0 aromatic rings. The molecule has 0 radical (unpaired) electrons. The number of rotatable bonds is 34. The molecule has 0 rings (SSSR count). The van der Waals surface area contributed by atoms with Crippen molar-refractivity contribution in [2.75, 3.05) is 0 Å². The fraction of sp³-hybridized carbons (Fsp3) is 1.00. The van der Waals surface area contributed by atoms with Crippen LogP contribution >= 0.6 is 0 Å². The predicted octanol–water partition coefficient (Wildman–Crippen LogP) is 17.0. The standard InChI is InChI=1S/C46H94/c1-39(2)35-31-27-23-19-18-21-25-29-33-37-42(6)43(7)44(8)45(9)46(10,11)38-34-30-26-22-17-15-13-12-14-16-20-24-28-32-36-41(5)40(3)4/h39-45H,12-38H2,1-11H3. The van der Waals surface area contributed by atoms with Gasteiger partial charge in [-0.2, -0.15) is 0 Å². The van der Waals surface area contributed by atoms with E-state index >= 15 is 0 Å². The molecular weight excluding hydrogens is 553 g/mol. The van der Waals surface area contributed by atoms with Crippen LogP contribution < -0.4 is 0 Å². The molecule has 0 saturated heterocycles. The SMILES string of the molecule is CC(C)CCCCCCCCCCCC(C)C(C)C(C)C(C)C(C)(C)CCCCCCCCCCCCCCCCC(C)C(C)C. The fourth-order valence-electron chi connectivity index (χ4n) is 7.93. The van der Waals surface area contributed by atoms with E-state index < -0.39 is 0 Å². The molecule has 46 heavy (non-hydrogen) atoms. The zero-order valence-electron chi connectivity index (χ0n) is 34.6. The fourth-order valence-corrected chi connectivity index (χ4v) is 7.93. The Bertz CT molecular complexity index is 614. The first-order chi connectivity index (χ1) is 21.9. The molecule has 0 saturated carbocycles. The third-order valence-electron chi connectivity index (χ3n) is 13.1. The van der Waals surface area contributed by atoms with Crippen LogP contribution in [0.2, 0.25) is 0 Å². The summed E-state index contributed by atoms with van der Waals surface area (Å²) in [4.78, 5) is 0. The smallest absolute Gasteiger partial charge is 0.0326 e. The van der Waals surface area contributed by atoms with Crippen molar-refractivity contribution < 1.29 is 0 Å². The minimum Gasteiger partial charge on any atom is -0.0628 e. The van der Waals surface area contributed by atoms with Crippen LogP contribution in [0.5, 0.6) is 0 Å². The highest BCUT2D eigenvalue weighted by Crippen LogP contribution is 2.42. The van der Waals surface area contributed by atoms with Gasteiger partial charge in [0.2, 0.25) is 0 Å². The molecule has 0 heterocycles. The number of hydrogen-bond donors (Lipinski definition) is 0. The van der Waals surface area contributed by atoms with Crippen LogP contribution in [0.3, 0.4) is 0 Å². The highest BCUT2D eigenvalue weighted by molar-refractivity contribution is 4.83. The average molecular weight is 647 g/mol. The second kappa shape index (κ2) is 29.9. The summed E-state index contributed by atoms with van der Waals surface area (Å²) in [5.74, 6) is 5.97. The van der Waals surface area contributed by atoms with Crippen molar-refractivity contribution in [2.24, 2.45) is 46.8 Å². The molecule has 0 nitrogen and oxygen atoms in total. The van der Waals surface area contributed by atoms with Gasteiger partial charge in [0.05, 0.1) is 0 Å². The molecule has 0 aromatic heterocycles. The Hall–Kier alpha value is 0. The minimum absolute atomic E-state index is 0.467. The summed E-state index contributed by atoms with van der Waals surface area (Å²) in [5, 5.41) is 0. The van der Waals surface area contributed by atoms with Gasteiger partial charge in [-0.3, -0.25) is 0 Å². The molecule has 0 aromatic carbocycles. The summed E-state index contributed by atoms with van der Waals surface area (Å²) >= 11 is 0. The lowest BCUT2D eigenvalue weighted by molar-refractivity contribution is 0.0924. The largest absolute Gasteiger partial charge is 0.0628 e. The Morgan fingerprint density at radius 1 is 0.326 bits per heavy atom. The quantitative estimate of drug-likeness (QED) is 0.0610. The van der Waals surface area contributed by atoms with Crippen LogP contribution in [0.1, 0.15) is 250 Å². The van der Waals surface area contributed by atoms with Gasteiger partial charge in [0.15, 0.2) is 0 Å². The second-order valence-electron chi connectivity index (χ2n) is 18.3. The zero-order valence-corrected chi connectivity index (χ0v) is 34.6. The Labute approximate surface area is 295 Å². The first kappa shape index (κ1) is 46.0. The first-order valence-corrected chi connectivity index (χ1v) is 21.9. The summed E-state index contributed by atoms with van der Waals surface area (Å²) in [6.45, 7) is 27.3. The summed E-state index contributed by atoms with van der Waals surface area (Å²) < 4.78 is 0. The molecule has 0 aliphatic carbocycles. The monoisotopic (exact) mass is 647 g/mol. The lowest BCUT2D eigenvalue weighted by atomic mass is 9.65. The van der Waals surface area contributed by atoms with Gasteiger partial charge in [-0.15, -0.1) is 0 Å². The zero-order chi connectivity index (χ0) is 34.6. The van der Waals surface area contributed by atoms with Gasteiger partial charge in [-0.1, -0.05) is 243 Å². The Morgan fingerprint density at radius 2 is 0.630 bits per heavy atom. The van der Waals surface area contributed by atoms with Crippen molar-refractivity contribution >= 4 is 0 Å². The van der Waals surface area contributed by atoms with Gasteiger partial charge in [0.1, 0.15) is 0 Å². The van der Waals surface area contributed by atoms with E-state index in [1.54, 1.807) is 0 Å². The number of unbranched alkanes of at least 4 members (excludes halogenated alkanes) is 21. The van der Waals surface area contributed by atoms with Crippen LogP contribution in [-0.4, -0.2) is 0 Å². The van der Waals surface area contributed by atoms with Gasteiger partial charge < -0.3 is 0 Å². The van der Waals surface area contributed by atoms with Crippen molar-refractivity contribution in [2.45, 2.75) is 250 Å². The van der Waals surface area contributed by atoms with Crippen LogP contribution in [0.25, 0.3) is 0 Å². The molecule has 278 valence electrons. The average Bonchev–Trinajstić information content (AvgIpc) is 3.01. The summed E-state index contributed by atoms with van der Waals surface area (Å²) in [6.07, 6.45) is 39.4. The van der Waals surface area contributed by atoms with E-state index in [9.17, 15) is 0 Å². The normalized spacial score (nSPS) is 15.8. The van der Waals surface area contributed by atoms with Crippen molar-refractivity contribution in [3.8, 4) is 0 Å².